The van der Waals surface area contributed by atoms with Crippen molar-refractivity contribution in [3.8, 4) is 0 Å². The van der Waals surface area contributed by atoms with E-state index in [2.05, 4.69) is 20.9 Å². The lowest BCUT2D eigenvalue weighted by Crippen LogP contribution is -2.14. The number of aromatic nitrogens is 4. The summed E-state index contributed by atoms with van der Waals surface area (Å²) in [7, 11) is 0. The highest BCUT2D eigenvalue weighted by molar-refractivity contribution is 5.82. The first kappa shape index (κ1) is 24.3. The summed E-state index contributed by atoms with van der Waals surface area (Å²) >= 11 is 0. The lowest BCUT2D eigenvalue weighted by Gasteiger charge is -2.21. The van der Waals surface area contributed by atoms with Gasteiger partial charge in [-0.2, -0.15) is 10.2 Å². The Morgan fingerprint density at radius 2 is 1.28 bits per heavy atom. The zero-order valence-electron chi connectivity index (χ0n) is 20.9. The van der Waals surface area contributed by atoms with E-state index in [1.54, 1.807) is 18.3 Å². The molecule has 2 N–H and O–H groups in total. The van der Waals surface area contributed by atoms with Crippen LogP contribution in [0.25, 0.3) is 21.8 Å². The highest BCUT2D eigenvalue weighted by Gasteiger charge is 2.17. The van der Waals surface area contributed by atoms with E-state index in [4.69, 9.17) is 5.73 Å². The summed E-state index contributed by atoms with van der Waals surface area (Å²) in [6.45, 7) is 1.99. The minimum absolute atomic E-state index is 0.129. The SMILES string of the molecule is Nc1ccc2c(cnn2CC2CCCCC2)c1.O=[N+]([O-])c1ccc2c(cnn2CC2CCCCC2)c1. The van der Waals surface area contributed by atoms with Crippen LogP contribution in [0.4, 0.5) is 11.4 Å². The van der Waals surface area contributed by atoms with Gasteiger partial charge in [-0.05, 0) is 61.8 Å². The summed E-state index contributed by atoms with van der Waals surface area (Å²) in [5, 5.41) is 21.6. The maximum atomic E-state index is 10.7. The predicted molar refractivity (Wildman–Crippen MR) is 144 cm³/mol. The molecule has 0 saturated heterocycles. The summed E-state index contributed by atoms with van der Waals surface area (Å²) in [4.78, 5) is 10.4. The van der Waals surface area contributed by atoms with Crippen molar-refractivity contribution < 1.29 is 4.92 Å². The molecule has 4 aromatic rings. The quantitative estimate of drug-likeness (QED) is 0.191. The van der Waals surface area contributed by atoms with Gasteiger partial charge in [-0.3, -0.25) is 19.5 Å². The Kier molecular flexibility index (Phi) is 7.49. The molecule has 2 fully saturated rings. The first-order chi connectivity index (χ1) is 17.6. The first-order valence-corrected chi connectivity index (χ1v) is 13.4. The third-order valence-corrected chi connectivity index (χ3v) is 7.81. The molecule has 2 aromatic heterocycles. The maximum Gasteiger partial charge on any atom is 0.270 e. The van der Waals surface area contributed by atoms with Gasteiger partial charge in [0.2, 0.25) is 0 Å². The topological polar surface area (TPSA) is 105 Å². The van der Waals surface area contributed by atoms with Crippen molar-refractivity contribution in [2.75, 3.05) is 5.73 Å². The van der Waals surface area contributed by atoms with Crippen LogP contribution >= 0.6 is 0 Å². The van der Waals surface area contributed by atoms with Crippen LogP contribution in [0.3, 0.4) is 0 Å². The van der Waals surface area contributed by atoms with Gasteiger partial charge >= 0.3 is 0 Å². The number of nitrogens with zero attached hydrogens (tertiary/aromatic N) is 5. The minimum Gasteiger partial charge on any atom is -0.399 e. The Hall–Kier alpha value is -3.42. The fraction of sp³-hybridized carbons (Fsp3) is 0.500. The van der Waals surface area contributed by atoms with E-state index in [9.17, 15) is 10.1 Å². The molecule has 2 aliphatic carbocycles. The van der Waals surface area contributed by atoms with Crippen molar-refractivity contribution in [3.05, 3.63) is 58.9 Å². The minimum atomic E-state index is -0.363. The summed E-state index contributed by atoms with van der Waals surface area (Å²) in [6, 6.07) is 11.0. The number of benzene rings is 2. The third-order valence-electron chi connectivity index (χ3n) is 7.81. The van der Waals surface area contributed by atoms with E-state index in [-0.39, 0.29) is 10.6 Å². The van der Waals surface area contributed by atoms with Gasteiger partial charge in [-0.25, -0.2) is 0 Å². The zero-order chi connectivity index (χ0) is 24.9. The molecule has 0 atom stereocenters. The van der Waals surface area contributed by atoms with Gasteiger partial charge in [-0.1, -0.05) is 38.5 Å². The van der Waals surface area contributed by atoms with Gasteiger partial charge in [0, 0.05) is 41.7 Å². The number of hydrogen-bond acceptors (Lipinski definition) is 5. The van der Waals surface area contributed by atoms with E-state index in [0.29, 0.717) is 5.92 Å². The maximum absolute atomic E-state index is 10.7. The lowest BCUT2D eigenvalue weighted by molar-refractivity contribution is -0.384. The van der Waals surface area contributed by atoms with Crippen molar-refractivity contribution in [1.82, 2.24) is 19.6 Å². The third kappa shape index (κ3) is 5.69. The van der Waals surface area contributed by atoms with Crippen molar-refractivity contribution in [1.29, 1.82) is 0 Å². The number of anilines is 1. The monoisotopic (exact) mass is 488 g/mol. The molecular formula is C28H36N6O2. The van der Waals surface area contributed by atoms with Crippen LogP contribution in [0.1, 0.15) is 64.2 Å². The van der Waals surface area contributed by atoms with Gasteiger partial charge in [0.25, 0.3) is 5.69 Å². The van der Waals surface area contributed by atoms with Crippen LogP contribution in [-0.2, 0) is 13.1 Å². The Labute approximate surface area is 211 Å². The number of hydrogen-bond donors (Lipinski definition) is 1. The smallest absolute Gasteiger partial charge is 0.270 e. The summed E-state index contributed by atoms with van der Waals surface area (Å²) in [5.41, 5.74) is 8.93. The fourth-order valence-electron chi connectivity index (χ4n) is 5.81. The molecule has 6 rings (SSSR count). The average molecular weight is 489 g/mol. The van der Waals surface area contributed by atoms with Crippen LogP contribution in [0, 0.1) is 22.0 Å². The van der Waals surface area contributed by atoms with Gasteiger partial charge < -0.3 is 5.73 Å². The van der Waals surface area contributed by atoms with E-state index in [0.717, 1.165) is 41.0 Å². The average Bonchev–Trinajstić information content (AvgIpc) is 3.49. The number of fused-ring (bicyclic) bond motifs is 2. The Bertz CT molecular complexity index is 1310. The molecule has 0 aliphatic heterocycles. The highest BCUT2D eigenvalue weighted by atomic mass is 16.6. The number of nitro groups is 1. The molecule has 2 aliphatic rings. The first-order valence-electron chi connectivity index (χ1n) is 13.4. The summed E-state index contributed by atoms with van der Waals surface area (Å²) in [6.07, 6.45) is 17.1. The number of nitro benzene ring substituents is 1. The zero-order valence-corrected chi connectivity index (χ0v) is 20.9. The number of nitrogen functional groups attached to an aromatic ring is 1. The van der Waals surface area contributed by atoms with Crippen molar-refractivity contribution in [2.45, 2.75) is 77.3 Å². The molecule has 36 heavy (non-hydrogen) atoms. The largest absolute Gasteiger partial charge is 0.399 e. The van der Waals surface area contributed by atoms with Crippen LogP contribution < -0.4 is 5.73 Å². The Balaban J connectivity index is 0.000000149. The molecule has 190 valence electrons. The molecule has 8 heteroatoms. The highest BCUT2D eigenvalue weighted by Crippen LogP contribution is 2.28. The van der Waals surface area contributed by atoms with Gasteiger partial charge in [0.15, 0.2) is 0 Å². The number of non-ortho nitro benzene ring substituents is 1. The number of rotatable bonds is 5. The van der Waals surface area contributed by atoms with E-state index < -0.39 is 0 Å². The van der Waals surface area contributed by atoms with E-state index in [1.165, 1.54) is 69.7 Å². The van der Waals surface area contributed by atoms with Crippen LogP contribution in [-0.4, -0.2) is 24.5 Å². The number of nitrogens with two attached hydrogens (primary N) is 1. The molecule has 0 amide bonds. The van der Waals surface area contributed by atoms with Crippen molar-refractivity contribution in [3.63, 3.8) is 0 Å². The Morgan fingerprint density at radius 3 is 1.81 bits per heavy atom. The molecule has 0 bridgehead atoms. The van der Waals surface area contributed by atoms with Crippen molar-refractivity contribution in [2.24, 2.45) is 11.8 Å². The standard InChI is InChI=1S/C14H17N3O2.C14H19N3/c18-17(19)13-6-7-14-12(8-13)9-15-16(14)10-11-4-2-1-3-5-11;15-13-6-7-14-12(8-13)9-16-17(14)10-11-4-2-1-3-5-11/h6-9,11H,1-5,10H2;6-9,11H,1-5,10,15H2. The van der Waals surface area contributed by atoms with Crippen LogP contribution in [0.15, 0.2) is 48.8 Å². The van der Waals surface area contributed by atoms with Crippen molar-refractivity contribution >= 4 is 33.2 Å². The second-order valence-electron chi connectivity index (χ2n) is 10.5. The molecule has 8 nitrogen and oxygen atoms in total. The van der Waals surface area contributed by atoms with Gasteiger partial charge in [-0.15, -0.1) is 0 Å². The van der Waals surface area contributed by atoms with Crippen LogP contribution in [0.5, 0.6) is 0 Å². The predicted octanol–water partition coefficient (Wildman–Crippen LogP) is 6.72. The molecular weight excluding hydrogens is 452 g/mol. The summed E-state index contributed by atoms with van der Waals surface area (Å²) in [5.74, 6) is 1.51. The molecule has 2 saturated carbocycles. The Morgan fingerprint density at radius 1 is 0.778 bits per heavy atom. The fourth-order valence-corrected chi connectivity index (χ4v) is 5.81. The van der Waals surface area contributed by atoms with E-state index >= 15 is 0 Å². The second-order valence-corrected chi connectivity index (χ2v) is 10.5. The molecule has 0 unspecified atom stereocenters. The molecule has 2 heterocycles. The van der Waals surface area contributed by atoms with E-state index in [1.807, 2.05) is 29.1 Å². The molecule has 0 spiro atoms. The second kappa shape index (κ2) is 11.1. The summed E-state index contributed by atoms with van der Waals surface area (Å²) < 4.78 is 4.14. The van der Waals surface area contributed by atoms with Gasteiger partial charge in [0.05, 0.1) is 28.4 Å². The lowest BCUT2D eigenvalue weighted by atomic mass is 9.89. The normalized spacial score (nSPS) is 17.2. The molecule has 2 aromatic carbocycles. The van der Waals surface area contributed by atoms with Gasteiger partial charge in [0.1, 0.15) is 0 Å². The van der Waals surface area contributed by atoms with Crippen LogP contribution in [0.2, 0.25) is 0 Å². The molecule has 0 radical (unpaired) electrons.